The van der Waals surface area contributed by atoms with Gasteiger partial charge in [0.25, 0.3) is 0 Å². The summed E-state index contributed by atoms with van der Waals surface area (Å²) in [5.74, 6) is -1.34. The van der Waals surface area contributed by atoms with E-state index in [1.807, 2.05) is 13.8 Å². The molecule has 0 spiro atoms. The lowest BCUT2D eigenvalue weighted by Gasteiger charge is -2.05. The van der Waals surface area contributed by atoms with Gasteiger partial charge in [0, 0.05) is 0 Å². The van der Waals surface area contributed by atoms with Crippen molar-refractivity contribution in [3.63, 3.8) is 0 Å². The molecule has 0 atom stereocenters. The van der Waals surface area contributed by atoms with Gasteiger partial charge < -0.3 is 0 Å². The zero-order chi connectivity index (χ0) is 9.84. The molecule has 2 heteroatoms. The van der Waals surface area contributed by atoms with Crippen molar-refractivity contribution in [1.82, 2.24) is 0 Å². The van der Waals surface area contributed by atoms with Crippen LogP contribution in [0.1, 0.15) is 31.4 Å². The van der Waals surface area contributed by atoms with Crippen molar-refractivity contribution < 1.29 is 8.78 Å². The van der Waals surface area contributed by atoms with E-state index in [-0.39, 0.29) is 0 Å². The Hall–Kier alpha value is -0.920. The van der Waals surface area contributed by atoms with Gasteiger partial charge in [-0.3, -0.25) is 0 Å². The molecule has 0 nitrogen and oxygen atoms in total. The van der Waals surface area contributed by atoms with Crippen molar-refractivity contribution in [2.24, 2.45) is 0 Å². The summed E-state index contributed by atoms with van der Waals surface area (Å²) in [4.78, 5) is 0. The molecule has 0 aliphatic heterocycles. The molecular formula is C11H14F2. The van der Waals surface area contributed by atoms with E-state index in [0.29, 0.717) is 24.0 Å². The largest absolute Gasteiger partial charge is 0.203 e. The quantitative estimate of drug-likeness (QED) is 0.674. The smallest absolute Gasteiger partial charge is 0.162 e. The van der Waals surface area contributed by atoms with Crippen LogP contribution in [-0.4, -0.2) is 0 Å². The first kappa shape index (κ1) is 10.2. The minimum Gasteiger partial charge on any atom is -0.203 e. The summed E-state index contributed by atoms with van der Waals surface area (Å²) in [6.45, 7) is 3.77. The van der Waals surface area contributed by atoms with Crippen LogP contribution in [0.3, 0.4) is 0 Å². The van der Waals surface area contributed by atoms with Crippen molar-refractivity contribution in [2.75, 3.05) is 0 Å². The Labute approximate surface area is 77.6 Å². The van der Waals surface area contributed by atoms with Gasteiger partial charge in [0.2, 0.25) is 0 Å². The lowest BCUT2D eigenvalue weighted by molar-refractivity contribution is 0.490. The number of aryl methyl sites for hydroxylation is 2. The van der Waals surface area contributed by atoms with Gasteiger partial charge in [0.1, 0.15) is 0 Å². The molecule has 0 unspecified atom stereocenters. The molecule has 13 heavy (non-hydrogen) atoms. The molecule has 1 aromatic rings. The molecule has 0 saturated carbocycles. The van der Waals surface area contributed by atoms with Crippen LogP contribution in [0.15, 0.2) is 12.1 Å². The second-order valence-corrected chi connectivity index (χ2v) is 3.12. The Kier molecular flexibility index (Phi) is 3.40. The van der Waals surface area contributed by atoms with E-state index in [4.69, 9.17) is 0 Å². The maximum Gasteiger partial charge on any atom is 0.162 e. The third-order valence-electron chi connectivity index (χ3n) is 2.14. The lowest BCUT2D eigenvalue weighted by atomic mass is 10.0. The highest BCUT2D eigenvalue weighted by Crippen LogP contribution is 2.17. The van der Waals surface area contributed by atoms with Gasteiger partial charge in [-0.2, -0.15) is 0 Å². The molecule has 0 N–H and O–H groups in total. The standard InChI is InChI=1S/C11H14F2/c1-3-5-9-7-6-8(4-2)10(12)11(9)13/h6-7H,3-5H2,1-2H3. The van der Waals surface area contributed by atoms with E-state index in [0.717, 1.165) is 6.42 Å². The van der Waals surface area contributed by atoms with Crippen LogP contribution in [0, 0.1) is 11.6 Å². The van der Waals surface area contributed by atoms with E-state index < -0.39 is 11.6 Å². The summed E-state index contributed by atoms with van der Waals surface area (Å²) >= 11 is 0. The summed E-state index contributed by atoms with van der Waals surface area (Å²) in [5, 5.41) is 0. The maximum atomic E-state index is 13.3. The average molecular weight is 184 g/mol. The van der Waals surface area contributed by atoms with Crippen molar-refractivity contribution in [3.8, 4) is 0 Å². The third-order valence-corrected chi connectivity index (χ3v) is 2.14. The van der Waals surface area contributed by atoms with Crippen LogP contribution >= 0.6 is 0 Å². The highest BCUT2D eigenvalue weighted by Gasteiger charge is 2.10. The molecule has 0 bridgehead atoms. The molecule has 1 aromatic carbocycles. The Morgan fingerprint density at radius 1 is 1.00 bits per heavy atom. The third kappa shape index (κ3) is 2.06. The Bertz CT molecular complexity index is 292. The molecule has 72 valence electrons. The van der Waals surface area contributed by atoms with Gasteiger partial charge in [0.05, 0.1) is 0 Å². The highest BCUT2D eigenvalue weighted by atomic mass is 19.2. The Morgan fingerprint density at radius 2 is 1.54 bits per heavy atom. The lowest BCUT2D eigenvalue weighted by Crippen LogP contribution is -1.98. The van der Waals surface area contributed by atoms with Crippen molar-refractivity contribution in [1.29, 1.82) is 0 Å². The Balaban J connectivity index is 3.07. The second kappa shape index (κ2) is 4.35. The van der Waals surface area contributed by atoms with E-state index >= 15 is 0 Å². The van der Waals surface area contributed by atoms with Gasteiger partial charge in [-0.05, 0) is 24.0 Å². The number of hydrogen-bond donors (Lipinski definition) is 0. The van der Waals surface area contributed by atoms with Crippen molar-refractivity contribution >= 4 is 0 Å². The normalized spacial score (nSPS) is 10.5. The molecule has 0 radical (unpaired) electrons. The number of benzene rings is 1. The maximum absolute atomic E-state index is 13.3. The summed E-state index contributed by atoms with van der Waals surface area (Å²) in [6.07, 6.45) is 1.98. The summed E-state index contributed by atoms with van der Waals surface area (Å²) < 4.78 is 26.5. The monoisotopic (exact) mass is 184 g/mol. The summed E-state index contributed by atoms with van der Waals surface area (Å²) in [6, 6.07) is 3.35. The summed E-state index contributed by atoms with van der Waals surface area (Å²) in [5.41, 5.74) is 0.939. The van der Waals surface area contributed by atoms with Gasteiger partial charge >= 0.3 is 0 Å². The van der Waals surface area contributed by atoms with E-state index in [1.165, 1.54) is 0 Å². The molecule has 0 aliphatic rings. The first-order valence-electron chi connectivity index (χ1n) is 4.66. The van der Waals surface area contributed by atoms with Crippen LogP contribution in [0.5, 0.6) is 0 Å². The average Bonchev–Trinajstić information content (AvgIpc) is 2.14. The predicted molar refractivity (Wildman–Crippen MR) is 49.7 cm³/mol. The van der Waals surface area contributed by atoms with Crippen LogP contribution in [-0.2, 0) is 12.8 Å². The minimum absolute atomic E-state index is 0.456. The molecule has 1 rings (SSSR count). The molecule has 0 fully saturated rings. The van der Waals surface area contributed by atoms with Crippen LogP contribution in [0.4, 0.5) is 8.78 Å². The van der Waals surface area contributed by atoms with Gasteiger partial charge in [-0.1, -0.05) is 32.4 Å². The van der Waals surface area contributed by atoms with Crippen LogP contribution in [0.2, 0.25) is 0 Å². The van der Waals surface area contributed by atoms with E-state index in [1.54, 1.807) is 12.1 Å². The first-order valence-corrected chi connectivity index (χ1v) is 4.66. The summed E-state index contributed by atoms with van der Waals surface area (Å²) in [7, 11) is 0. The van der Waals surface area contributed by atoms with Crippen molar-refractivity contribution in [3.05, 3.63) is 34.9 Å². The highest BCUT2D eigenvalue weighted by molar-refractivity contribution is 5.26. The number of hydrogen-bond acceptors (Lipinski definition) is 0. The molecule has 0 aliphatic carbocycles. The molecule has 0 aromatic heterocycles. The second-order valence-electron chi connectivity index (χ2n) is 3.12. The zero-order valence-corrected chi connectivity index (χ0v) is 8.03. The van der Waals surface area contributed by atoms with Gasteiger partial charge in [-0.15, -0.1) is 0 Å². The van der Waals surface area contributed by atoms with Gasteiger partial charge in [0.15, 0.2) is 11.6 Å². The fraction of sp³-hybridized carbons (Fsp3) is 0.455. The molecule has 0 amide bonds. The van der Waals surface area contributed by atoms with Crippen LogP contribution < -0.4 is 0 Å². The topological polar surface area (TPSA) is 0 Å². The molecule has 0 heterocycles. The fourth-order valence-electron chi connectivity index (χ4n) is 1.36. The van der Waals surface area contributed by atoms with E-state index in [9.17, 15) is 8.78 Å². The molecule has 0 saturated heterocycles. The van der Waals surface area contributed by atoms with Crippen LogP contribution in [0.25, 0.3) is 0 Å². The SMILES string of the molecule is CCCc1ccc(CC)c(F)c1F. The zero-order valence-electron chi connectivity index (χ0n) is 8.03. The predicted octanol–water partition coefficient (Wildman–Crippen LogP) is 3.48. The number of halogens is 2. The molecular weight excluding hydrogens is 170 g/mol. The Morgan fingerprint density at radius 3 is 2.08 bits per heavy atom. The minimum atomic E-state index is -0.673. The number of rotatable bonds is 3. The fourth-order valence-corrected chi connectivity index (χ4v) is 1.36. The van der Waals surface area contributed by atoms with E-state index in [2.05, 4.69) is 0 Å². The van der Waals surface area contributed by atoms with Crippen molar-refractivity contribution in [2.45, 2.75) is 33.1 Å². The first-order chi connectivity index (χ1) is 6.20. The van der Waals surface area contributed by atoms with Gasteiger partial charge in [-0.25, -0.2) is 8.78 Å².